The highest BCUT2D eigenvalue weighted by Gasteiger charge is 2.53. The molecular formula is C17H21NO5. The molecule has 2 rings (SSSR count). The zero-order valence-electron chi connectivity index (χ0n) is 13.6. The molecule has 6 heteroatoms. The number of esters is 2. The maximum Gasteiger partial charge on any atom is 0.328 e. The Labute approximate surface area is 135 Å². The molecule has 1 aromatic rings. The van der Waals surface area contributed by atoms with E-state index in [2.05, 4.69) is 0 Å². The third-order valence-corrected chi connectivity index (χ3v) is 4.06. The summed E-state index contributed by atoms with van der Waals surface area (Å²) >= 11 is 0. The van der Waals surface area contributed by atoms with Crippen molar-refractivity contribution in [3.8, 4) is 0 Å². The number of para-hydroxylation sites is 1. The summed E-state index contributed by atoms with van der Waals surface area (Å²) in [5.74, 6) is -1.50. The first kappa shape index (κ1) is 17.0. The summed E-state index contributed by atoms with van der Waals surface area (Å²) in [6, 6.07) is 6.88. The lowest BCUT2D eigenvalue weighted by molar-refractivity contribution is -0.165. The molecule has 0 N–H and O–H groups in total. The summed E-state index contributed by atoms with van der Waals surface area (Å²) in [5, 5.41) is 0. The van der Waals surface area contributed by atoms with Crippen molar-refractivity contribution in [2.45, 2.75) is 32.1 Å². The van der Waals surface area contributed by atoms with Crippen molar-refractivity contribution >= 4 is 23.5 Å². The number of carbonyl (C=O) groups is 3. The van der Waals surface area contributed by atoms with Crippen LogP contribution in [0.2, 0.25) is 0 Å². The van der Waals surface area contributed by atoms with E-state index in [0.717, 1.165) is 0 Å². The molecule has 0 atom stereocenters. The van der Waals surface area contributed by atoms with Gasteiger partial charge < -0.3 is 14.4 Å². The van der Waals surface area contributed by atoms with Crippen molar-refractivity contribution in [1.29, 1.82) is 0 Å². The normalized spacial score (nSPS) is 16.3. The first-order valence-electron chi connectivity index (χ1n) is 7.69. The quantitative estimate of drug-likeness (QED) is 0.625. The van der Waals surface area contributed by atoms with Crippen LogP contribution in [0.4, 0.5) is 5.69 Å². The highest BCUT2D eigenvalue weighted by atomic mass is 16.6. The zero-order valence-corrected chi connectivity index (χ0v) is 13.6. The molecule has 0 bridgehead atoms. The van der Waals surface area contributed by atoms with Crippen molar-refractivity contribution in [3.63, 3.8) is 0 Å². The van der Waals surface area contributed by atoms with Crippen molar-refractivity contribution < 1.29 is 23.9 Å². The standard InChI is InChI=1S/C17H21NO5/c1-4-22-15(20)17(16(21)23-5-2)11-10-14(19)18(3)13-9-7-6-8-12(13)17/h6-9H,4-5,10-11H2,1-3H3. The Balaban J connectivity index is 2.69. The average Bonchev–Trinajstić information content (AvgIpc) is 2.65. The minimum Gasteiger partial charge on any atom is -0.465 e. The molecule has 1 aliphatic rings. The molecule has 0 unspecified atom stereocenters. The Morgan fingerprint density at radius 3 is 2.26 bits per heavy atom. The summed E-state index contributed by atoms with van der Waals surface area (Å²) in [6.45, 7) is 3.64. The molecule has 0 aliphatic carbocycles. The minimum absolute atomic E-state index is 0.0326. The summed E-state index contributed by atoms with van der Waals surface area (Å²) in [5.41, 5.74) is -0.635. The fourth-order valence-corrected chi connectivity index (χ4v) is 2.87. The molecule has 0 radical (unpaired) electrons. The Hall–Kier alpha value is -2.37. The molecule has 1 aliphatic heterocycles. The molecule has 23 heavy (non-hydrogen) atoms. The summed E-state index contributed by atoms with van der Waals surface area (Å²) in [4.78, 5) is 39.1. The predicted octanol–water partition coefficient (Wildman–Crippen LogP) is 1.81. The van der Waals surface area contributed by atoms with Gasteiger partial charge in [-0.2, -0.15) is 0 Å². The van der Waals surface area contributed by atoms with Crippen LogP contribution < -0.4 is 4.90 Å². The van der Waals surface area contributed by atoms with Crippen LogP contribution in [0.3, 0.4) is 0 Å². The number of anilines is 1. The lowest BCUT2D eigenvalue weighted by Gasteiger charge is -2.29. The number of hydrogen-bond acceptors (Lipinski definition) is 5. The van der Waals surface area contributed by atoms with Crippen molar-refractivity contribution in [2.75, 3.05) is 25.2 Å². The third kappa shape index (κ3) is 2.81. The largest absolute Gasteiger partial charge is 0.465 e. The second-order valence-electron chi connectivity index (χ2n) is 5.32. The van der Waals surface area contributed by atoms with Crippen LogP contribution in [0.5, 0.6) is 0 Å². The lowest BCUT2D eigenvalue weighted by Crippen LogP contribution is -2.46. The number of hydrogen-bond donors (Lipinski definition) is 0. The topological polar surface area (TPSA) is 72.9 Å². The maximum absolute atomic E-state index is 12.7. The highest BCUT2D eigenvalue weighted by molar-refractivity contribution is 6.10. The van der Waals surface area contributed by atoms with E-state index in [1.54, 1.807) is 45.2 Å². The molecule has 6 nitrogen and oxygen atoms in total. The van der Waals surface area contributed by atoms with Crippen LogP contribution in [0.25, 0.3) is 0 Å². The molecule has 0 spiro atoms. The summed E-state index contributed by atoms with van der Waals surface area (Å²) in [7, 11) is 1.63. The van der Waals surface area contributed by atoms with E-state index in [1.807, 2.05) is 0 Å². The van der Waals surface area contributed by atoms with E-state index in [4.69, 9.17) is 9.47 Å². The van der Waals surface area contributed by atoms with Crippen molar-refractivity contribution in [1.82, 2.24) is 0 Å². The van der Waals surface area contributed by atoms with Gasteiger partial charge >= 0.3 is 11.9 Å². The first-order chi connectivity index (χ1) is 11.0. The van der Waals surface area contributed by atoms with E-state index in [0.29, 0.717) is 11.3 Å². The van der Waals surface area contributed by atoms with E-state index in [9.17, 15) is 14.4 Å². The van der Waals surface area contributed by atoms with Gasteiger partial charge in [-0.15, -0.1) is 0 Å². The Morgan fingerprint density at radius 2 is 1.70 bits per heavy atom. The van der Waals surface area contributed by atoms with Crippen molar-refractivity contribution in [2.24, 2.45) is 0 Å². The van der Waals surface area contributed by atoms with Crippen LogP contribution in [0.1, 0.15) is 32.3 Å². The minimum atomic E-state index is -1.61. The number of carbonyl (C=O) groups excluding carboxylic acids is 3. The Morgan fingerprint density at radius 1 is 1.13 bits per heavy atom. The van der Waals surface area contributed by atoms with Gasteiger partial charge in [0.05, 0.1) is 13.2 Å². The second-order valence-corrected chi connectivity index (χ2v) is 5.32. The van der Waals surface area contributed by atoms with Gasteiger partial charge in [0.25, 0.3) is 0 Å². The zero-order chi connectivity index (χ0) is 17.0. The summed E-state index contributed by atoms with van der Waals surface area (Å²) < 4.78 is 10.3. The van der Waals surface area contributed by atoms with Gasteiger partial charge in [0.1, 0.15) is 0 Å². The molecular weight excluding hydrogens is 298 g/mol. The number of benzene rings is 1. The highest BCUT2D eigenvalue weighted by Crippen LogP contribution is 2.41. The Bertz CT molecular complexity index is 607. The van der Waals surface area contributed by atoms with Crippen LogP contribution in [0.15, 0.2) is 24.3 Å². The molecule has 124 valence electrons. The van der Waals surface area contributed by atoms with Crippen LogP contribution in [0, 0.1) is 0 Å². The van der Waals surface area contributed by atoms with Crippen LogP contribution >= 0.6 is 0 Å². The molecule has 0 aromatic heterocycles. The van der Waals surface area contributed by atoms with Gasteiger partial charge in [0, 0.05) is 24.7 Å². The van der Waals surface area contributed by atoms with Gasteiger partial charge in [-0.05, 0) is 26.3 Å². The molecule has 1 aromatic carbocycles. The first-order valence-corrected chi connectivity index (χ1v) is 7.69. The fraction of sp³-hybridized carbons (Fsp3) is 0.471. The number of amides is 1. The molecule has 0 fully saturated rings. The molecule has 1 heterocycles. The van der Waals surface area contributed by atoms with Gasteiger partial charge in [-0.25, -0.2) is 0 Å². The molecule has 1 amide bonds. The molecule has 0 saturated heterocycles. The maximum atomic E-state index is 12.7. The average molecular weight is 319 g/mol. The lowest BCUT2D eigenvalue weighted by atomic mass is 9.76. The van der Waals surface area contributed by atoms with E-state index in [1.165, 1.54) is 4.90 Å². The van der Waals surface area contributed by atoms with Crippen molar-refractivity contribution in [3.05, 3.63) is 29.8 Å². The number of fused-ring (bicyclic) bond motifs is 1. The second kappa shape index (κ2) is 6.81. The van der Waals surface area contributed by atoms with Crippen LogP contribution in [-0.4, -0.2) is 38.1 Å². The van der Waals surface area contributed by atoms with E-state index in [-0.39, 0.29) is 32.0 Å². The third-order valence-electron chi connectivity index (χ3n) is 4.06. The number of ether oxygens (including phenoxy) is 2. The summed E-state index contributed by atoms with van der Waals surface area (Å²) in [6.07, 6.45) is 0.0909. The monoisotopic (exact) mass is 319 g/mol. The smallest absolute Gasteiger partial charge is 0.328 e. The Kier molecular flexibility index (Phi) is 5.03. The van der Waals surface area contributed by atoms with Gasteiger partial charge in [-0.1, -0.05) is 18.2 Å². The van der Waals surface area contributed by atoms with E-state index < -0.39 is 17.4 Å². The predicted molar refractivity (Wildman–Crippen MR) is 84.0 cm³/mol. The van der Waals surface area contributed by atoms with Gasteiger partial charge in [0.15, 0.2) is 5.41 Å². The number of rotatable bonds is 4. The van der Waals surface area contributed by atoms with E-state index >= 15 is 0 Å². The van der Waals surface area contributed by atoms with Crippen LogP contribution in [-0.2, 0) is 29.3 Å². The SMILES string of the molecule is CCOC(=O)C1(C(=O)OCC)CCC(=O)N(C)c2ccccc21. The number of nitrogens with zero attached hydrogens (tertiary/aromatic N) is 1. The molecule has 0 saturated carbocycles. The van der Waals surface area contributed by atoms with Gasteiger partial charge in [-0.3, -0.25) is 14.4 Å². The fourth-order valence-electron chi connectivity index (χ4n) is 2.87. The van der Waals surface area contributed by atoms with Gasteiger partial charge in [0.2, 0.25) is 5.91 Å².